The molecule has 0 bridgehead atoms. The monoisotopic (exact) mass is 255 g/mol. The molecule has 18 heavy (non-hydrogen) atoms. The normalized spacial score (nSPS) is 40.0. The van der Waals surface area contributed by atoms with Crippen molar-refractivity contribution in [2.24, 2.45) is 17.8 Å². The molecular formula is C15H29NO2. The lowest BCUT2D eigenvalue weighted by Gasteiger charge is -2.46. The SMILES string of the molecule is COCC1CCN(C2C(C)CC(C)CC2O)CC1. The van der Waals surface area contributed by atoms with Crippen molar-refractivity contribution >= 4 is 0 Å². The van der Waals surface area contributed by atoms with Gasteiger partial charge in [0.05, 0.1) is 6.10 Å². The van der Waals surface area contributed by atoms with Gasteiger partial charge < -0.3 is 9.84 Å². The molecule has 0 aromatic heterocycles. The molecule has 0 aromatic rings. The number of methoxy groups -OCH3 is 1. The third kappa shape index (κ3) is 3.25. The van der Waals surface area contributed by atoms with E-state index in [4.69, 9.17) is 4.74 Å². The minimum Gasteiger partial charge on any atom is -0.391 e. The summed E-state index contributed by atoms with van der Waals surface area (Å²) in [7, 11) is 1.79. The van der Waals surface area contributed by atoms with Gasteiger partial charge in [0, 0.05) is 19.8 Å². The van der Waals surface area contributed by atoms with E-state index in [9.17, 15) is 5.11 Å². The number of piperidine rings is 1. The van der Waals surface area contributed by atoms with Crippen LogP contribution in [0.2, 0.25) is 0 Å². The van der Waals surface area contributed by atoms with E-state index in [1.54, 1.807) is 7.11 Å². The molecule has 106 valence electrons. The van der Waals surface area contributed by atoms with Gasteiger partial charge in [-0.15, -0.1) is 0 Å². The lowest BCUT2D eigenvalue weighted by atomic mass is 9.76. The van der Waals surface area contributed by atoms with E-state index < -0.39 is 0 Å². The van der Waals surface area contributed by atoms with Crippen molar-refractivity contribution < 1.29 is 9.84 Å². The Morgan fingerprint density at radius 2 is 1.83 bits per heavy atom. The number of likely N-dealkylation sites (tertiary alicyclic amines) is 1. The second-order valence-corrected chi connectivity index (χ2v) is 6.55. The highest BCUT2D eigenvalue weighted by molar-refractivity contribution is 4.91. The Kier molecular flexibility index (Phi) is 5.05. The third-order valence-electron chi connectivity index (χ3n) is 4.87. The van der Waals surface area contributed by atoms with Crippen LogP contribution < -0.4 is 0 Å². The molecule has 0 amide bonds. The van der Waals surface area contributed by atoms with Gasteiger partial charge >= 0.3 is 0 Å². The zero-order valence-electron chi connectivity index (χ0n) is 12.1. The van der Waals surface area contributed by atoms with Crippen LogP contribution in [0.4, 0.5) is 0 Å². The summed E-state index contributed by atoms with van der Waals surface area (Å²) in [5, 5.41) is 10.4. The maximum atomic E-state index is 10.4. The second-order valence-electron chi connectivity index (χ2n) is 6.55. The van der Waals surface area contributed by atoms with Crippen molar-refractivity contribution in [1.29, 1.82) is 0 Å². The summed E-state index contributed by atoms with van der Waals surface area (Å²) in [5.74, 6) is 2.03. The molecule has 1 heterocycles. The molecule has 1 saturated heterocycles. The Balaban J connectivity index is 1.88. The topological polar surface area (TPSA) is 32.7 Å². The molecule has 3 nitrogen and oxygen atoms in total. The number of nitrogens with zero attached hydrogens (tertiary/aromatic N) is 1. The molecular weight excluding hydrogens is 226 g/mol. The van der Waals surface area contributed by atoms with Crippen LogP contribution >= 0.6 is 0 Å². The van der Waals surface area contributed by atoms with Gasteiger partial charge in [-0.1, -0.05) is 13.8 Å². The van der Waals surface area contributed by atoms with E-state index in [-0.39, 0.29) is 6.10 Å². The minimum atomic E-state index is -0.122. The fourth-order valence-electron chi connectivity index (χ4n) is 4.06. The first-order valence-corrected chi connectivity index (χ1v) is 7.52. The van der Waals surface area contributed by atoms with Crippen LogP contribution in [0.3, 0.4) is 0 Å². The first-order chi connectivity index (χ1) is 8.61. The maximum absolute atomic E-state index is 10.4. The minimum absolute atomic E-state index is 0.122. The van der Waals surface area contributed by atoms with Crippen molar-refractivity contribution in [3.63, 3.8) is 0 Å². The van der Waals surface area contributed by atoms with Gasteiger partial charge in [-0.2, -0.15) is 0 Å². The molecule has 0 radical (unpaired) electrons. The number of ether oxygens (including phenoxy) is 1. The summed E-state index contributed by atoms with van der Waals surface area (Å²) in [6.45, 7) is 7.74. The maximum Gasteiger partial charge on any atom is 0.0700 e. The summed E-state index contributed by atoms with van der Waals surface area (Å²) < 4.78 is 5.25. The quantitative estimate of drug-likeness (QED) is 0.838. The van der Waals surface area contributed by atoms with Gasteiger partial charge in [-0.05, 0) is 56.5 Å². The van der Waals surface area contributed by atoms with Gasteiger partial charge in [0.25, 0.3) is 0 Å². The predicted octanol–water partition coefficient (Wildman–Crippen LogP) is 2.14. The standard InChI is InChI=1S/C15H29NO2/c1-11-8-12(2)15(14(17)9-11)16-6-4-13(5-7-16)10-18-3/h11-15,17H,4-10H2,1-3H3. The van der Waals surface area contributed by atoms with Crippen LogP contribution in [0.5, 0.6) is 0 Å². The largest absolute Gasteiger partial charge is 0.391 e. The van der Waals surface area contributed by atoms with Crippen LogP contribution in [0.15, 0.2) is 0 Å². The van der Waals surface area contributed by atoms with Crippen molar-refractivity contribution in [2.45, 2.75) is 51.7 Å². The number of hydrogen-bond acceptors (Lipinski definition) is 3. The van der Waals surface area contributed by atoms with Crippen LogP contribution in [-0.2, 0) is 4.74 Å². The van der Waals surface area contributed by atoms with Crippen molar-refractivity contribution in [3.05, 3.63) is 0 Å². The Labute approximate surface area is 112 Å². The average Bonchev–Trinajstić information content (AvgIpc) is 2.30. The molecule has 4 unspecified atom stereocenters. The predicted molar refractivity (Wildman–Crippen MR) is 73.5 cm³/mol. The Hall–Kier alpha value is -0.120. The average molecular weight is 255 g/mol. The molecule has 2 rings (SSSR count). The van der Waals surface area contributed by atoms with Gasteiger partial charge in [-0.25, -0.2) is 0 Å². The van der Waals surface area contributed by atoms with Gasteiger partial charge in [0.15, 0.2) is 0 Å². The summed E-state index contributed by atoms with van der Waals surface area (Å²) in [6, 6.07) is 0.393. The van der Waals surface area contributed by atoms with Crippen LogP contribution in [0.25, 0.3) is 0 Å². The summed E-state index contributed by atoms with van der Waals surface area (Å²) >= 11 is 0. The van der Waals surface area contributed by atoms with E-state index in [1.807, 2.05) is 0 Å². The number of hydrogen-bond donors (Lipinski definition) is 1. The van der Waals surface area contributed by atoms with Gasteiger partial charge in [0.2, 0.25) is 0 Å². The first kappa shape index (κ1) is 14.3. The lowest BCUT2D eigenvalue weighted by molar-refractivity contribution is -0.0401. The Bertz CT molecular complexity index is 239. The zero-order chi connectivity index (χ0) is 13.1. The Morgan fingerprint density at radius 3 is 2.39 bits per heavy atom. The van der Waals surface area contributed by atoms with Crippen LogP contribution in [0.1, 0.15) is 39.5 Å². The van der Waals surface area contributed by atoms with Gasteiger partial charge in [-0.3, -0.25) is 4.90 Å². The van der Waals surface area contributed by atoms with E-state index >= 15 is 0 Å². The highest BCUT2D eigenvalue weighted by atomic mass is 16.5. The summed E-state index contributed by atoms with van der Waals surface area (Å²) in [4.78, 5) is 2.54. The molecule has 2 aliphatic rings. The molecule has 1 aliphatic carbocycles. The molecule has 4 atom stereocenters. The first-order valence-electron chi connectivity index (χ1n) is 7.52. The van der Waals surface area contributed by atoms with Crippen LogP contribution in [-0.4, -0.2) is 49.0 Å². The molecule has 0 aromatic carbocycles. The lowest BCUT2D eigenvalue weighted by Crippen LogP contribution is -2.53. The molecule has 1 aliphatic heterocycles. The number of aliphatic hydroxyl groups is 1. The highest BCUT2D eigenvalue weighted by Crippen LogP contribution is 2.34. The zero-order valence-corrected chi connectivity index (χ0v) is 12.1. The third-order valence-corrected chi connectivity index (χ3v) is 4.87. The molecule has 0 spiro atoms. The summed E-state index contributed by atoms with van der Waals surface area (Å²) in [6.07, 6.45) is 4.56. The van der Waals surface area contributed by atoms with Crippen molar-refractivity contribution in [1.82, 2.24) is 4.90 Å². The van der Waals surface area contributed by atoms with E-state index in [2.05, 4.69) is 18.7 Å². The van der Waals surface area contributed by atoms with Gasteiger partial charge in [0.1, 0.15) is 0 Å². The Morgan fingerprint density at radius 1 is 1.17 bits per heavy atom. The molecule has 1 N–H and O–H groups in total. The molecule has 3 heteroatoms. The smallest absolute Gasteiger partial charge is 0.0700 e. The highest BCUT2D eigenvalue weighted by Gasteiger charge is 2.37. The van der Waals surface area contributed by atoms with Crippen molar-refractivity contribution in [2.75, 3.05) is 26.8 Å². The van der Waals surface area contributed by atoms with E-state index in [1.165, 1.54) is 19.3 Å². The number of aliphatic hydroxyl groups excluding tert-OH is 1. The molecule has 1 saturated carbocycles. The molecule has 2 fully saturated rings. The number of rotatable bonds is 3. The fraction of sp³-hybridized carbons (Fsp3) is 1.00. The second kappa shape index (κ2) is 6.36. The van der Waals surface area contributed by atoms with Crippen molar-refractivity contribution in [3.8, 4) is 0 Å². The van der Waals surface area contributed by atoms with E-state index in [0.717, 1.165) is 32.0 Å². The van der Waals surface area contributed by atoms with Crippen LogP contribution in [0, 0.1) is 17.8 Å². The van der Waals surface area contributed by atoms with E-state index in [0.29, 0.717) is 17.9 Å². The summed E-state index contributed by atoms with van der Waals surface area (Å²) in [5.41, 5.74) is 0. The fourth-order valence-corrected chi connectivity index (χ4v) is 4.06.